The van der Waals surface area contributed by atoms with Crippen molar-refractivity contribution in [3.8, 4) is 0 Å². The van der Waals surface area contributed by atoms with E-state index in [1.807, 2.05) is 6.08 Å². The minimum absolute atomic E-state index is 0.350. The number of fused-ring (bicyclic) bond motifs is 1. The zero-order valence-corrected chi connectivity index (χ0v) is 9.75. The maximum Gasteiger partial charge on any atom is 0.0827 e. The number of hydrogen-bond acceptors (Lipinski definition) is 3. The quantitative estimate of drug-likeness (QED) is 0.735. The van der Waals surface area contributed by atoms with Crippen molar-refractivity contribution in [2.24, 2.45) is 0 Å². The van der Waals surface area contributed by atoms with Gasteiger partial charge in [0.25, 0.3) is 0 Å². The Morgan fingerprint density at radius 3 is 3.33 bits per heavy atom. The molecular weight excluding hydrogens is 212 g/mol. The predicted octanol–water partition coefficient (Wildman–Crippen LogP) is 1.19. The van der Waals surface area contributed by atoms with E-state index in [9.17, 15) is 0 Å². The van der Waals surface area contributed by atoms with Gasteiger partial charge in [0, 0.05) is 31.2 Å². The van der Waals surface area contributed by atoms with E-state index in [4.69, 9.17) is 16.3 Å². The Morgan fingerprint density at radius 1 is 1.53 bits per heavy atom. The lowest BCUT2D eigenvalue weighted by Gasteiger charge is -2.35. The fourth-order valence-corrected chi connectivity index (χ4v) is 2.47. The number of ether oxygens (including phenoxy) is 1. The molecule has 86 valence electrons. The standard InChI is InChI=1S/C11H19ClN2O/c12-4-2-5-13-7-11-8-14-6-1-3-10(14)9-15-11/h2,4,10-11,13H,1,3,5-9H2/b4-2+. The van der Waals surface area contributed by atoms with Gasteiger partial charge in [0.05, 0.1) is 12.7 Å². The fourth-order valence-electron chi connectivity index (χ4n) is 2.38. The summed E-state index contributed by atoms with van der Waals surface area (Å²) in [6, 6.07) is 0.698. The van der Waals surface area contributed by atoms with E-state index >= 15 is 0 Å². The molecule has 15 heavy (non-hydrogen) atoms. The average molecular weight is 231 g/mol. The molecule has 0 saturated carbocycles. The average Bonchev–Trinajstić information content (AvgIpc) is 2.71. The van der Waals surface area contributed by atoms with E-state index < -0.39 is 0 Å². The summed E-state index contributed by atoms with van der Waals surface area (Å²) in [5.41, 5.74) is 1.55. The molecule has 0 bridgehead atoms. The van der Waals surface area contributed by atoms with Gasteiger partial charge in [-0.05, 0) is 19.4 Å². The molecule has 2 fully saturated rings. The van der Waals surface area contributed by atoms with E-state index in [0.717, 1.165) is 26.2 Å². The molecule has 2 unspecified atom stereocenters. The van der Waals surface area contributed by atoms with Crippen LogP contribution >= 0.6 is 11.6 Å². The van der Waals surface area contributed by atoms with E-state index in [2.05, 4.69) is 10.2 Å². The molecule has 2 aliphatic heterocycles. The maximum absolute atomic E-state index is 5.81. The first-order valence-electron chi connectivity index (χ1n) is 5.71. The highest BCUT2D eigenvalue weighted by Gasteiger charge is 2.31. The van der Waals surface area contributed by atoms with Gasteiger partial charge in [-0.1, -0.05) is 17.7 Å². The molecule has 0 amide bonds. The number of hydrogen-bond donors (Lipinski definition) is 1. The van der Waals surface area contributed by atoms with Crippen LogP contribution in [-0.2, 0) is 4.74 Å². The van der Waals surface area contributed by atoms with E-state index in [1.165, 1.54) is 19.4 Å². The van der Waals surface area contributed by atoms with Gasteiger partial charge in [-0.3, -0.25) is 4.90 Å². The zero-order valence-electron chi connectivity index (χ0n) is 8.99. The van der Waals surface area contributed by atoms with Crippen molar-refractivity contribution in [2.45, 2.75) is 25.0 Å². The smallest absolute Gasteiger partial charge is 0.0827 e. The summed E-state index contributed by atoms with van der Waals surface area (Å²) >= 11 is 5.44. The fraction of sp³-hybridized carbons (Fsp3) is 0.818. The third-order valence-corrected chi connectivity index (χ3v) is 3.36. The largest absolute Gasteiger partial charge is 0.374 e. The summed E-state index contributed by atoms with van der Waals surface area (Å²) in [6.45, 7) is 5.00. The molecule has 2 atom stereocenters. The second-order valence-electron chi connectivity index (χ2n) is 4.27. The monoisotopic (exact) mass is 230 g/mol. The van der Waals surface area contributed by atoms with Crippen molar-refractivity contribution in [2.75, 3.05) is 32.8 Å². The summed E-state index contributed by atoms with van der Waals surface area (Å²) < 4.78 is 5.81. The highest BCUT2D eigenvalue weighted by atomic mass is 35.5. The summed E-state index contributed by atoms with van der Waals surface area (Å²) in [6.07, 6.45) is 4.91. The minimum atomic E-state index is 0.350. The lowest BCUT2D eigenvalue weighted by atomic mass is 10.2. The van der Waals surface area contributed by atoms with Crippen molar-refractivity contribution < 1.29 is 4.74 Å². The Morgan fingerprint density at radius 2 is 2.47 bits per heavy atom. The zero-order chi connectivity index (χ0) is 10.5. The first kappa shape index (κ1) is 11.4. The Kier molecular flexibility index (Phi) is 4.44. The van der Waals surface area contributed by atoms with Crippen LogP contribution in [0.3, 0.4) is 0 Å². The SMILES string of the molecule is Cl/C=C/CNCC1CN2CCCC2CO1. The van der Waals surface area contributed by atoms with Gasteiger partial charge in [-0.25, -0.2) is 0 Å². The highest BCUT2D eigenvalue weighted by Crippen LogP contribution is 2.22. The Hall–Kier alpha value is -0.0900. The van der Waals surface area contributed by atoms with Crippen LogP contribution in [0, 0.1) is 0 Å². The highest BCUT2D eigenvalue weighted by molar-refractivity contribution is 6.25. The van der Waals surface area contributed by atoms with Crippen molar-refractivity contribution in [3.05, 3.63) is 11.6 Å². The molecule has 3 nitrogen and oxygen atoms in total. The van der Waals surface area contributed by atoms with Crippen LogP contribution in [-0.4, -0.2) is 49.8 Å². The lowest BCUT2D eigenvalue weighted by molar-refractivity contribution is -0.0465. The molecule has 0 aromatic carbocycles. The third kappa shape index (κ3) is 3.18. The van der Waals surface area contributed by atoms with Gasteiger partial charge < -0.3 is 10.1 Å². The number of rotatable bonds is 4. The topological polar surface area (TPSA) is 24.5 Å². The molecule has 0 radical (unpaired) electrons. The van der Waals surface area contributed by atoms with Crippen LogP contribution in [0.5, 0.6) is 0 Å². The van der Waals surface area contributed by atoms with Gasteiger partial charge in [-0.2, -0.15) is 0 Å². The molecule has 2 heterocycles. The second kappa shape index (κ2) is 5.85. The number of halogens is 1. The molecule has 0 aliphatic carbocycles. The lowest BCUT2D eigenvalue weighted by Crippen LogP contribution is -2.49. The molecule has 4 heteroatoms. The molecule has 2 rings (SSSR count). The van der Waals surface area contributed by atoms with Crippen molar-refractivity contribution >= 4 is 11.6 Å². The molecule has 2 saturated heterocycles. The van der Waals surface area contributed by atoms with Gasteiger partial charge >= 0.3 is 0 Å². The van der Waals surface area contributed by atoms with Crippen LogP contribution in [0.4, 0.5) is 0 Å². The van der Waals surface area contributed by atoms with Crippen molar-refractivity contribution in [1.29, 1.82) is 0 Å². The van der Waals surface area contributed by atoms with Crippen LogP contribution in [0.2, 0.25) is 0 Å². The normalized spacial score (nSPS) is 32.3. The number of nitrogens with one attached hydrogen (secondary N) is 1. The van der Waals surface area contributed by atoms with E-state index in [1.54, 1.807) is 5.54 Å². The van der Waals surface area contributed by atoms with E-state index in [-0.39, 0.29) is 0 Å². The Bertz CT molecular complexity index is 223. The van der Waals surface area contributed by atoms with Crippen LogP contribution in [0.25, 0.3) is 0 Å². The minimum Gasteiger partial charge on any atom is -0.374 e. The number of nitrogens with zero attached hydrogens (tertiary/aromatic N) is 1. The molecule has 1 N–H and O–H groups in total. The van der Waals surface area contributed by atoms with Gasteiger partial charge in [0.2, 0.25) is 0 Å². The molecule has 0 aromatic heterocycles. The van der Waals surface area contributed by atoms with Crippen molar-refractivity contribution in [3.63, 3.8) is 0 Å². The molecule has 0 aromatic rings. The Balaban J connectivity index is 1.66. The summed E-state index contributed by atoms with van der Waals surface area (Å²) in [7, 11) is 0. The maximum atomic E-state index is 5.81. The first-order chi connectivity index (χ1) is 7.40. The van der Waals surface area contributed by atoms with Crippen LogP contribution in [0.15, 0.2) is 11.6 Å². The van der Waals surface area contributed by atoms with Gasteiger partial charge in [-0.15, -0.1) is 0 Å². The Labute approximate surface area is 96.4 Å². The summed E-state index contributed by atoms with van der Waals surface area (Å²) in [5, 5.41) is 3.31. The second-order valence-corrected chi connectivity index (χ2v) is 4.52. The number of morpholine rings is 1. The van der Waals surface area contributed by atoms with Crippen LogP contribution in [0.1, 0.15) is 12.8 Å². The van der Waals surface area contributed by atoms with E-state index in [0.29, 0.717) is 12.1 Å². The van der Waals surface area contributed by atoms with Gasteiger partial charge in [0.1, 0.15) is 0 Å². The molecule has 2 aliphatic rings. The van der Waals surface area contributed by atoms with Gasteiger partial charge in [0.15, 0.2) is 0 Å². The third-order valence-electron chi connectivity index (χ3n) is 3.18. The summed E-state index contributed by atoms with van der Waals surface area (Å²) in [5.74, 6) is 0. The molecular formula is C11H19ClN2O. The first-order valence-corrected chi connectivity index (χ1v) is 6.15. The van der Waals surface area contributed by atoms with Crippen molar-refractivity contribution in [1.82, 2.24) is 10.2 Å². The summed E-state index contributed by atoms with van der Waals surface area (Å²) in [4.78, 5) is 2.56. The predicted molar refractivity (Wildman–Crippen MR) is 62.2 cm³/mol. The van der Waals surface area contributed by atoms with Crippen LogP contribution < -0.4 is 5.32 Å². The molecule has 0 spiro atoms.